The zero-order valence-electron chi connectivity index (χ0n) is 14.5. The number of hydrogen-bond acceptors (Lipinski definition) is 4. The zero-order valence-corrected chi connectivity index (χ0v) is 16.1. The van der Waals surface area contributed by atoms with E-state index < -0.39 is 0 Å². The zero-order chi connectivity index (χ0) is 17.5. The van der Waals surface area contributed by atoms with E-state index >= 15 is 0 Å². The fourth-order valence-electron chi connectivity index (χ4n) is 2.86. The Morgan fingerprint density at radius 1 is 1.16 bits per heavy atom. The van der Waals surface area contributed by atoms with Gasteiger partial charge < -0.3 is 10.6 Å². The molecule has 3 rings (SSSR count). The number of nitrogens with one attached hydrogen (secondary N) is 2. The van der Waals surface area contributed by atoms with Crippen molar-refractivity contribution in [2.45, 2.75) is 56.7 Å². The van der Waals surface area contributed by atoms with Gasteiger partial charge in [0, 0.05) is 35.6 Å². The van der Waals surface area contributed by atoms with Gasteiger partial charge in [0.2, 0.25) is 11.8 Å². The number of hydrogen-bond donors (Lipinski definition) is 2. The molecule has 6 heteroatoms. The van der Waals surface area contributed by atoms with E-state index in [-0.39, 0.29) is 17.7 Å². The number of carbonyl (C=O) groups is 2. The van der Waals surface area contributed by atoms with Crippen molar-refractivity contribution in [3.63, 3.8) is 0 Å². The van der Waals surface area contributed by atoms with E-state index in [1.54, 1.807) is 0 Å². The highest BCUT2D eigenvalue weighted by molar-refractivity contribution is 8.77. The summed E-state index contributed by atoms with van der Waals surface area (Å²) in [5.74, 6) is 1.70. The van der Waals surface area contributed by atoms with Crippen molar-refractivity contribution < 1.29 is 9.59 Å². The second-order valence-corrected chi connectivity index (χ2v) is 9.60. The van der Waals surface area contributed by atoms with Crippen LogP contribution in [0.15, 0.2) is 24.3 Å². The lowest BCUT2D eigenvalue weighted by Crippen LogP contribution is -2.22. The Balaban J connectivity index is 1.33. The molecule has 1 saturated heterocycles. The number of carbonyl (C=O) groups excluding carboxylic acids is 2. The molecule has 1 saturated carbocycles. The minimum absolute atomic E-state index is 0.111. The van der Waals surface area contributed by atoms with Crippen molar-refractivity contribution in [1.29, 1.82) is 0 Å². The first-order valence-electron chi connectivity index (χ1n) is 9.15. The first-order chi connectivity index (χ1) is 12.2. The molecule has 0 spiro atoms. The number of unbranched alkanes of at least 4 members (excludes halogenated alkanes) is 1. The van der Waals surface area contributed by atoms with Gasteiger partial charge in [-0.2, -0.15) is 0 Å². The molecule has 2 amide bonds. The molecule has 25 heavy (non-hydrogen) atoms. The van der Waals surface area contributed by atoms with Crippen LogP contribution in [0.3, 0.4) is 0 Å². The highest BCUT2D eigenvalue weighted by atomic mass is 33.1. The fourth-order valence-corrected chi connectivity index (χ4v) is 5.89. The van der Waals surface area contributed by atoms with Crippen LogP contribution in [-0.2, 0) is 16.1 Å². The number of amides is 2. The van der Waals surface area contributed by atoms with E-state index in [4.69, 9.17) is 0 Å². The average Bonchev–Trinajstić information content (AvgIpc) is 3.34. The minimum Gasteiger partial charge on any atom is -0.352 e. The van der Waals surface area contributed by atoms with Gasteiger partial charge >= 0.3 is 0 Å². The maximum atomic E-state index is 12.0. The summed E-state index contributed by atoms with van der Waals surface area (Å²) < 4.78 is 0. The third kappa shape index (κ3) is 6.59. The van der Waals surface area contributed by atoms with Crippen LogP contribution < -0.4 is 10.6 Å². The molecule has 1 aliphatic carbocycles. The van der Waals surface area contributed by atoms with Gasteiger partial charge in [0.25, 0.3) is 0 Å². The van der Waals surface area contributed by atoms with Crippen LogP contribution in [0.25, 0.3) is 0 Å². The van der Waals surface area contributed by atoms with E-state index in [0.29, 0.717) is 13.0 Å². The van der Waals surface area contributed by atoms with E-state index in [1.807, 2.05) is 45.9 Å². The van der Waals surface area contributed by atoms with Crippen molar-refractivity contribution in [3.05, 3.63) is 29.8 Å². The molecule has 1 atom stereocenters. The molecule has 1 unspecified atom stereocenters. The molecule has 136 valence electrons. The summed E-state index contributed by atoms with van der Waals surface area (Å²) in [4.78, 5) is 23.8. The van der Waals surface area contributed by atoms with Gasteiger partial charge in [-0.05, 0) is 49.8 Å². The smallest absolute Gasteiger partial charge is 0.227 e. The Morgan fingerprint density at radius 3 is 2.80 bits per heavy atom. The molecule has 1 aromatic carbocycles. The van der Waals surface area contributed by atoms with Crippen LogP contribution >= 0.6 is 21.6 Å². The van der Waals surface area contributed by atoms with Gasteiger partial charge in [-0.1, -0.05) is 40.1 Å². The second kappa shape index (κ2) is 9.53. The van der Waals surface area contributed by atoms with Crippen LogP contribution in [0.4, 0.5) is 5.69 Å². The van der Waals surface area contributed by atoms with Gasteiger partial charge in [0.05, 0.1) is 0 Å². The minimum atomic E-state index is 0.111. The third-order valence-electron chi connectivity index (χ3n) is 4.54. The topological polar surface area (TPSA) is 58.2 Å². The van der Waals surface area contributed by atoms with Gasteiger partial charge in [-0.15, -0.1) is 0 Å². The lowest BCUT2D eigenvalue weighted by atomic mass is 10.1. The molecule has 1 heterocycles. The van der Waals surface area contributed by atoms with Crippen LogP contribution in [0.1, 0.15) is 50.5 Å². The molecule has 2 N–H and O–H groups in total. The first kappa shape index (κ1) is 18.6. The second-order valence-electron chi connectivity index (χ2n) is 6.82. The lowest BCUT2D eigenvalue weighted by molar-refractivity contribution is -0.121. The van der Waals surface area contributed by atoms with E-state index in [9.17, 15) is 9.59 Å². The van der Waals surface area contributed by atoms with E-state index in [1.165, 1.54) is 18.6 Å². The molecular weight excluding hydrogens is 352 g/mol. The van der Waals surface area contributed by atoms with E-state index in [0.717, 1.165) is 42.2 Å². The molecule has 0 bridgehead atoms. The van der Waals surface area contributed by atoms with Crippen molar-refractivity contribution in [2.24, 2.45) is 5.92 Å². The Labute approximate surface area is 157 Å². The lowest BCUT2D eigenvalue weighted by Gasteiger charge is -2.09. The maximum absolute atomic E-state index is 12.0. The summed E-state index contributed by atoms with van der Waals surface area (Å²) >= 11 is 0. The number of rotatable bonds is 9. The first-order valence-corrected chi connectivity index (χ1v) is 11.5. The third-order valence-corrected chi connectivity index (χ3v) is 7.55. The maximum Gasteiger partial charge on any atom is 0.227 e. The molecular formula is C19H26N2O2S2. The van der Waals surface area contributed by atoms with Gasteiger partial charge in [-0.3, -0.25) is 9.59 Å². The Morgan fingerprint density at radius 2 is 2.04 bits per heavy atom. The van der Waals surface area contributed by atoms with Gasteiger partial charge in [0.15, 0.2) is 0 Å². The molecule has 4 nitrogen and oxygen atoms in total. The van der Waals surface area contributed by atoms with Crippen molar-refractivity contribution in [3.8, 4) is 0 Å². The summed E-state index contributed by atoms with van der Waals surface area (Å²) in [5, 5.41) is 6.72. The summed E-state index contributed by atoms with van der Waals surface area (Å²) in [6.07, 6.45) is 7.24. The van der Waals surface area contributed by atoms with Crippen molar-refractivity contribution >= 4 is 39.1 Å². The summed E-state index contributed by atoms with van der Waals surface area (Å²) in [7, 11) is 3.98. The molecule has 2 aliphatic rings. The SMILES string of the molecule is O=C(CCCCC1CCSS1)NCc1cccc(NC(=O)C2CC2)c1. The standard InChI is InChI=1S/C19H26N2O2S2/c22-18(7-2-1-6-17-10-11-24-25-17)20-13-14-4-3-5-16(12-14)21-19(23)15-8-9-15/h3-5,12,15,17H,1-2,6-11,13H2,(H,20,22)(H,21,23). The quantitative estimate of drug-likeness (QED) is 0.495. The monoisotopic (exact) mass is 378 g/mol. The number of benzene rings is 1. The van der Waals surface area contributed by atoms with Gasteiger partial charge in [-0.25, -0.2) is 0 Å². The highest BCUT2D eigenvalue weighted by Crippen LogP contribution is 2.39. The molecule has 1 aromatic rings. The summed E-state index contributed by atoms with van der Waals surface area (Å²) in [6, 6.07) is 7.73. The Hall–Kier alpha value is -1.14. The molecule has 2 fully saturated rings. The predicted molar refractivity (Wildman–Crippen MR) is 107 cm³/mol. The summed E-state index contributed by atoms with van der Waals surface area (Å²) in [6.45, 7) is 0.515. The Kier molecular flexibility index (Phi) is 7.11. The highest BCUT2D eigenvalue weighted by Gasteiger charge is 2.29. The van der Waals surface area contributed by atoms with E-state index in [2.05, 4.69) is 10.6 Å². The van der Waals surface area contributed by atoms with Gasteiger partial charge in [0.1, 0.15) is 0 Å². The Bertz CT molecular complexity index is 599. The molecule has 0 radical (unpaired) electrons. The van der Waals surface area contributed by atoms with Crippen LogP contribution in [0.5, 0.6) is 0 Å². The van der Waals surface area contributed by atoms with Crippen LogP contribution in [0, 0.1) is 5.92 Å². The van der Waals surface area contributed by atoms with Crippen LogP contribution in [-0.4, -0.2) is 22.8 Å². The van der Waals surface area contributed by atoms with Crippen LogP contribution in [0.2, 0.25) is 0 Å². The number of anilines is 1. The fraction of sp³-hybridized carbons (Fsp3) is 0.579. The predicted octanol–water partition coefficient (Wildman–Crippen LogP) is 4.37. The van der Waals surface area contributed by atoms with Crippen molar-refractivity contribution in [1.82, 2.24) is 5.32 Å². The average molecular weight is 379 g/mol. The largest absolute Gasteiger partial charge is 0.352 e. The molecule has 0 aromatic heterocycles. The normalized spacial score (nSPS) is 19.6. The van der Waals surface area contributed by atoms with Crippen molar-refractivity contribution in [2.75, 3.05) is 11.1 Å². The summed E-state index contributed by atoms with van der Waals surface area (Å²) in [5.41, 5.74) is 1.83. The molecule has 1 aliphatic heterocycles.